The Kier molecular flexibility index (Phi) is 4.75. The third kappa shape index (κ3) is 3.51. The number of benzene rings is 2. The molecule has 4 rings (SSSR count). The molecule has 3 aromatic rings. The molecule has 0 saturated heterocycles. The molecule has 0 spiro atoms. The Bertz CT molecular complexity index is 914. The van der Waals surface area contributed by atoms with E-state index >= 15 is 0 Å². The topological polar surface area (TPSA) is 59.9 Å². The standard InChI is InChI=1S/C20H20N4OS/c1-3-17-21-16-7-5-4-6-15(16)18-19(25-17)22-20(24-23-18)26-12-14-10-8-13(2)9-11-14/h4-11,17,21H,3,12H2,1-2H3/t17-/m0/s1. The van der Waals surface area contributed by atoms with Crippen LogP contribution < -0.4 is 10.1 Å². The van der Waals surface area contributed by atoms with Crippen LogP contribution in [0.2, 0.25) is 0 Å². The molecule has 2 aromatic carbocycles. The number of hydrogen-bond acceptors (Lipinski definition) is 6. The van der Waals surface area contributed by atoms with Gasteiger partial charge in [-0.15, -0.1) is 10.2 Å². The van der Waals surface area contributed by atoms with Crippen LogP contribution in [0.3, 0.4) is 0 Å². The summed E-state index contributed by atoms with van der Waals surface area (Å²) in [5, 5.41) is 12.8. The van der Waals surface area contributed by atoms with Gasteiger partial charge in [-0.2, -0.15) is 4.98 Å². The smallest absolute Gasteiger partial charge is 0.247 e. The number of ether oxygens (including phenoxy) is 1. The van der Waals surface area contributed by atoms with E-state index in [2.05, 4.69) is 58.6 Å². The van der Waals surface area contributed by atoms with Crippen molar-refractivity contribution >= 4 is 17.4 Å². The number of aromatic nitrogens is 3. The number of rotatable bonds is 4. The molecular formula is C20H20N4OS. The second-order valence-electron chi connectivity index (χ2n) is 6.23. The molecule has 26 heavy (non-hydrogen) atoms. The van der Waals surface area contributed by atoms with Crippen molar-refractivity contribution < 1.29 is 4.74 Å². The lowest BCUT2D eigenvalue weighted by molar-refractivity contribution is 0.216. The molecule has 132 valence electrons. The minimum Gasteiger partial charge on any atom is -0.452 e. The van der Waals surface area contributed by atoms with Gasteiger partial charge in [-0.3, -0.25) is 0 Å². The van der Waals surface area contributed by atoms with Crippen LogP contribution in [-0.2, 0) is 5.75 Å². The SMILES string of the molecule is CC[C@H]1Nc2ccccc2-c2nnc(SCc3ccc(C)cc3)nc2O1. The number of hydrogen-bond donors (Lipinski definition) is 1. The third-order valence-corrected chi connectivity index (χ3v) is 5.16. The van der Waals surface area contributed by atoms with Crippen LogP contribution in [0.25, 0.3) is 11.3 Å². The van der Waals surface area contributed by atoms with E-state index in [1.165, 1.54) is 11.1 Å². The molecule has 1 aromatic heterocycles. The first kappa shape index (κ1) is 16.8. The third-order valence-electron chi connectivity index (χ3n) is 4.25. The molecule has 0 radical (unpaired) electrons. The Morgan fingerprint density at radius 2 is 1.88 bits per heavy atom. The summed E-state index contributed by atoms with van der Waals surface area (Å²) >= 11 is 1.56. The van der Waals surface area contributed by atoms with Gasteiger partial charge in [0.1, 0.15) is 0 Å². The fourth-order valence-corrected chi connectivity index (χ4v) is 3.52. The van der Waals surface area contributed by atoms with Gasteiger partial charge >= 0.3 is 0 Å². The summed E-state index contributed by atoms with van der Waals surface area (Å²) in [6.07, 6.45) is 0.688. The molecule has 1 aliphatic heterocycles. The average molecular weight is 364 g/mol. The lowest BCUT2D eigenvalue weighted by atomic mass is 10.1. The van der Waals surface area contributed by atoms with Crippen molar-refractivity contribution in [3.8, 4) is 17.1 Å². The van der Waals surface area contributed by atoms with E-state index in [-0.39, 0.29) is 6.23 Å². The van der Waals surface area contributed by atoms with E-state index in [1.807, 2.05) is 24.3 Å². The van der Waals surface area contributed by atoms with Crippen LogP contribution in [0, 0.1) is 6.92 Å². The molecule has 0 saturated carbocycles. The molecule has 5 nitrogen and oxygen atoms in total. The monoisotopic (exact) mass is 364 g/mol. The Balaban J connectivity index is 1.61. The summed E-state index contributed by atoms with van der Waals surface area (Å²) in [6, 6.07) is 16.5. The predicted molar refractivity (Wildman–Crippen MR) is 104 cm³/mol. The maximum atomic E-state index is 6.06. The molecule has 2 heterocycles. The van der Waals surface area contributed by atoms with Gasteiger partial charge in [0.15, 0.2) is 11.9 Å². The van der Waals surface area contributed by atoms with E-state index in [0.29, 0.717) is 16.7 Å². The number of nitrogens with one attached hydrogen (secondary N) is 1. The number of fused-ring (bicyclic) bond motifs is 3. The molecule has 0 unspecified atom stereocenters. The highest BCUT2D eigenvalue weighted by Crippen LogP contribution is 2.36. The van der Waals surface area contributed by atoms with Crippen molar-refractivity contribution in [3.63, 3.8) is 0 Å². The predicted octanol–water partition coefficient (Wildman–Crippen LogP) is 4.68. The van der Waals surface area contributed by atoms with E-state index in [4.69, 9.17) is 4.74 Å². The van der Waals surface area contributed by atoms with Gasteiger partial charge in [-0.25, -0.2) is 0 Å². The van der Waals surface area contributed by atoms with Gasteiger partial charge in [0, 0.05) is 23.4 Å². The van der Waals surface area contributed by atoms with Crippen molar-refractivity contribution in [1.29, 1.82) is 0 Å². The van der Waals surface area contributed by atoms with Crippen LogP contribution in [0.1, 0.15) is 24.5 Å². The van der Waals surface area contributed by atoms with Crippen molar-refractivity contribution in [2.75, 3.05) is 5.32 Å². The van der Waals surface area contributed by atoms with Gasteiger partial charge < -0.3 is 10.1 Å². The highest BCUT2D eigenvalue weighted by atomic mass is 32.2. The highest BCUT2D eigenvalue weighted by Gasteiger charge is 2.23. The second-order valence-corrected chi connectivity index (χ2v) is 7.17. The van der Waals surface area contributed by atoms with Gasteiger partial charge in [-0.05, 0) is 18.6 Å². The summed E-state index contributed by atoms with van der Waals surface area (Å²) in [5.74, 6) is 1.34. The largest absolute Gasteiger partial charge is 0.452 e. The zero-order valence-electron chi connectivity index (χ0n) is 14.8. The first-order chi connectivity index (χ1) is 12.7. The van der Waals surface area contributed by atoms with Crippen molar-refractivity contribution in [1.82, 2.24) is 15.2 Å². The lowest BCUT2D eigenvalue weighted by Crippen LogP contribution is -2.24. The normalized spacial score (nSPS) is 15.2. The van der Waals surface area contributed by atoms with E-state index < -0.39 is 0 Å². The first-order valence-corrected chi connectivity index (χ1v) is 9.67. The van der Waals surface area contributed by atoms with Gasteiger partial charge in [0.25, 0.3) is 0 Å². The summed E-state index contributed by atoms with van der Waals surface area (Å²) in [5.41, 5.74) is 5.14. The van der Waals surface area contributed by atoms with Crippen LogP contribution >= 0.6 is 11.8 Å². The van der Waals surface area contributed by atoms with Crippen LogP contribution in [0.5, 0.6) is 5.88 Å². The van der Waals surface area contributed by atoms with E-state index in [1.54, 1.807) is 11.8 Å². The molecular weight excluding hydrogens is 344 g/mol. The fraction of sp³-hybridized carbons (Fsp3) is 0.250. The van der Waals surface area contributed by atoms with E-state index in [9.17, 15) is 0 Å². The second kappa shape index (κ2) is 7.33. The zero-order chi connectivity index (χ0) is 17.9. The fourth-order valence-electron chi connectivity index (χ4n) is 2.78. The maximum absolute atomic E-state index is 6.06. The summed E-state index contributed by atoms with van der Waals surface area (Å²) < 4.78 is 6.06. The Morgan fingerprint density at radius 3 is 2.69 bits per heavy atom. The number of thioether (sulfide) groups is 1. The van der Waals surface area contributed by atoms with Gasteiger partial charge in [-0.1, -0.05) is 66.7 Å². The summed E-state index contributed by atoms with van der Waals surface area (Å²) in [7, 11) is 0. The first-order valence-electron chi connectivity index (χ1n) is 8.68. The van der Waals surface area contributed by atoms with Crippen LogP contribution in [0.4, 0.5) is 5.69 Å². The quantitative estimate of drug-likeness (QED) is 0.678. The number of nitrogens with zero attached hydrogens (tertiary/aromatic N) is 3. The van der Waals surface area contributed by atoms with Crippen molar-refractivity contribution in [3.05, 3.63) is 59.7 Å². The van der Waals surface area contributed by atoms with Crippen molar-refractivity contribution in [2.24, 2.45) is 0 Å². The average Bonchev–Trinajstić information content (AvgIpc) is 2.83. The number of anilines is 1. The Labute approximate surface area is 157 Å². The number of para-hydroxylation sites is 1. The maximum Gasteiger partial charge on any atom is 0.247 e. The molecule has 0 aliphatic carbocycles. The van der Waals surface area contributed by atoms with Crippen LogP contribution in [0.15, 0.2) is 53.7 Å². The molecule has 1 N–H and O–H groups in total. The molecule has 0 amide bonds. The Hall–Kier alpha value is -2.60. The molecule has 0 bridgehead atoms. The minimum absolute atomic E-state index is 0.135. The lowest BCUT2D eigenvalue weighted by Gasteiger charge is -2.16. The molecule has 6 heteroatoms. The van der Waals surface area contributed by atoms with Crippen molar-refractivity contribution in [2.45, 2.75) is 37.4 Å². The molecule has 1 atom stereocenters. The number of aryl methyl sites for hydroxylation is 1. The Morgan fingerprint density at radius 1 is 1.08 bits per heavy atom. The highest BCUT2D eigenvalue weighted by molar-refractivity contribution is 7.98. The van der Waals surface area contributed by atoms with E-state index in [0.717, 1.165) is 23.4 Å². The zero-order valence-corrected chi connectivity index (χ0v) is 15.6. The summed E-state index contributed by atoms with van der Waals surface area (Å²) in [4.78, 5) is 4.63. The van der Waals surface area contributed by atoms with Crippen LogP contribution in [-0.4, -0.2) is 21.4 Å². The van der Waals surface area contributed by atoms with Gasteiger partial charge in [0.05, 0.1) is 0 Å². The minimum atomic E-state index is -0.135. The summed E-state index contributed by atoms with van der Waals surface area (Å²) in [6.45, 7) is 4.16. The molecule has 0 fully saturated rings. The van der Waals surface area contributed by atoms with Gasteiger partial charge in [0.2, 0.25) is 11.0 Å². The molecule has 1 aliphatic rings.